The molecule has 0 aliphatic heterocycles. The van der Waals surface area contributed by atoms with Crippen molar-refractivity contribution in [3.05, 3.63) is 30.0 Å². The molecular formula is C14H18N2O2. The lowest BCUT2D eigenvalue weighted by atomic mass is 9.99. The molecule has 2 rings (SSSR count). The Morgan fingerprint density at radius 3 is 2.50 bits per heavy atom. The van der Waals surface area contributed by atoms with Gasteiger partial charge in [0.05, 0.1) is 18.4 Å². The van der Waals surface area contributed by atoms with Gasteiger partial charge in [-0.1, -0.05) is 31.1 Å². The summed E-state index contributed by atoms with van der Waals surface area (Å²) >= 11 is 0. The molecule has 0 unspecified atom stereocenters. The highest BCUT2D eigenvalue weighted by Gasteiger charge is 2.16. The van der Waals surface area contributed by atoms with Crippen molar-refractivity contribution in [2.45, 2.75) is 20.3 Å². The molecule has 0 radical (unpaired) electrons. The fourth-order valence-corrected chi connectivity index (χ4v) is 1.93. The Balaban J connectivity index is 2.39. The number of benzene rings is 1. The van der Waals surface area contributed by atoms with Crippen LogP contribution in [0.5, 0.6) is 5.75 Å². The highest BCUT2D eigenvalue weighted by atomic mass is 16.5. The number of methoxy groups -OCH3 is 1. The van der Waals surface area contributed by atoms with Crippen LogP contribution in [0.25, 0.3) is 11.1 Å². The first-order valence-electron chi connectivity index (χ1n) is 6.00. The Hall–Kier alpha value is -1.97. The normalized spacial score (nSPS) is 10.9. The van der Waals surface area contributed by atoms with Gasteiger partial charge in [0.25, 0.3) is 0 Å². The number of nitrogens with zero attached hydrogens (tertiary/aromatic N) is 1. The van der Waals surface area contributed by atoms with E-state index in [0.717, 1.165) is 29.0 Å². The monoisotopic (exact) mass is 246 g/mol. The molecule has 96 valence electrons. The fourth-order valence-electron chi connectivity index (χ4n) is 1.93. The van der Waals surface area contributed by atoms with Crippen LogP contribution in [0.15, 0.2) is 28.8 Å². The lowest BCUT2D eigenvalue weighted by Gasteiger charge is -2.06. The van der Waals surface area contributed by atoms with Crippen LogP contribution in [0, 0.1) is 5.92 Å². The maximum atomic E-state index is 5.86. The largest absolute Gasteiger partial charge is 0.497 e. The molecule has 0 aliphatic carbocycles. The van der Waals surface area contributed by atoms with Crippen LogP contribution in [0.1, 0.15) is 19.5 Å². The molecule has 2 aromatic rings. The van der Waals surface area contributed by atoms with Crippen LogP contribution in [-0.2, 0) is 6.42 Å². The standard InChI is InChI=1S/C14H18N2O2/c1-9(2)8-12-13(14(15)18-16-12)10-4-6-11(17-3)7-5-10/h4-7,9H,8,15H2,1-3H3. The Bertz CT molecular complexity index is 515. The first-order chi connectivity index (χ1) is 8.61. The van der Waals surface area contributed by atoms with E-state index in [1.165, 1.54) is 0 Å². The van der Waals surface area contributed by atoms with Gasteiger partial charge in [0.2, 0.25) is 5.88 Å². The highest BCUT2D eigenvalue weighted by Crippen LogP contribution is 2.32. The van der Waals surface area contributed by atoms with E-state index < -0.39 is 0 Å². The minimum absolute atomic E-state index is 0.371. The summed E-state index contributed by atoms with van der Waals surface area (Å²) < 4.78 is 10.2. The molecule has 0 aliphatic rings. The van der Waals surface area contributed by atoms with Crippen LogP contribution in [0.2, 0.25) is 0 Å². The van der Waals surface area contributed by atoms with Crippen LogP contribution in [0.3, 0.4) is 0 Å². The van der Waals surface area contributed by atoms with E-state index in [0.29, 0.717) is 11.8 Å². The summed E-state index contributed by atoms with van der Waals surface area (Å²) in [5, 5.41) is 4.04. The molecule has 18 heavy (non-hydrogen) atoms. The van der Waals surface area contributed by atoms with E-state index in [4.69, 9.17) is 15.0 Å². The molecule has 2 N–H and O–H groups in total. The second-order valence-corrected chi connectivity index (χ2v) is 4.69. The third kappa shape index (κ3) is 2.47. The number of rotatable bonds is 4. The number of hydrogen-bond donors (Lipinski definition) is 1. The van der Waals surface area contributed by atoms with Crippen molar-refractivity contribution < 1.29 is 9.26 Å². The molecule has 4 nitrogen and oxygen atoms in total. The Labute approximate surface area is 107 Å². The van der Waals surface area contributed by atoms with Gasteiger partial charge in [0.1, 0.15) is 5.75 Å². The van der Waals surface area contributed by atoms with Gasteiger partial charge in [0.15, 0.2) is 0 Å². The Morgan fingerprint density at radius 1 is 1.28 bits per heavy atom. The summed E-state index contributed by atoms with van der Waals surface area (Å²) in [5.41, 5.74) is 8.67. The van der Waals surface area contributed by atoms with Gasteiger partial charge >= 0.3 is 0 Å². The summed E-state index contributed by atoms with van der Waals surface area (Å²) in [7, 11) is 1.65. The molecule has 0 spiro atoms. The molecule has 0 bridgehead atoms. The third-order valence-electron chi connectivity index (χ3n) is 2.77. The van der Waals surface area contributed by atoms with Crippen LogP contribution in [0.4, 0.5) is 5.88 Å². The van der Waals surface area contributed by atoms with Crippen molar-refractivity contribution in [2.24, 2.45) is 5.92 Å². The van der Waals surface area contributed by atoms with Crippen LogP contribution >= 0.6 is 0 Å². The number of ether oxygens (including phenoxy) is 1. The van der Waals surface area contributed by atoms with Gasteiger partial charge in [-0.3, -0.25) is 0 Å². The number of nitrogens with two attached hydrogens (primary N) is 1. The van der Waals surface area contributed by atoms with Gasteiger partial charge in [-0.15, -0.1) is 0 Å². The predicted octanol–water partition coefficient (Wildman–Crippen LogP) is 3.13. The quantitative estimate of drug-likeness (QED) is 0.900. The maximum Gasteiger partial charge on any atom is 0.230 e. The predicted molar refractivity (Wildman–Crippen MR) is 71.4 cm³/mol. The Kier molecular flexibility index (Phi) is 3.55. The summed E-state index contributed by atoms with van der Waals surface area (Å²) in [4.78, 5) is 0. The molecule has 1 heterocycles. The lowest BCUT2D eigenvalue weighted by Crippen LogP contribution is -1.97. The van der Waals surface area contributed by atoms with Crippen molar-refractivity contribution in [1.29, 1.82) is 0 Å². The van der Waals surface area contributed by atoms with Crippen molar-refractivity contribution in [1.82, 2.24) is 5.16 Å². The zero-order valence-electron chi connectivity index (χ0n) is 10.9. The SMILES string of the molecule is COc1ccc(-c2c(CC(C)C)noc2N)cc1. The zero-order chi connectivity index (χ0) is 13.1. The Morgan fingerprint density at radius 2 is 1.94 bits per heavy atom. The van der Waals surface area contributed by atoms with Crippen LogP contribution in [-0.4, -0.2) is 12.3 Å². The summed E-state index contributed by atoms with van der Waals surface area (Å²) in [6, 6.07) is 7.74. The maximum absolute atomic E-state index is 5.86. The number of hydrogen-bond acceptors (Lipinski definition) is 4. The van der Waals surface area contributed by atoms with Gasteiger partial charge in [-0.05, 0) is 30.0 Å². The number of anilines is 1. The molecule has 0 fully saturated rings. The van der Waals surface area contributed by atoms with E-state index in [2.05, 4.69) is 19.0 Å². The van der Waals surface area contributed by atoms with Crippen molar-refractivity contribution in [2.75, 3.05) is 12.8 Å². The van der Waals surface area contributed by atoms with E-state index in [1.807, 2.05) is 24.3 Å². The number of aromatic nitrogens is 1. The van der Waals surface area contributed by atoms with Crippen molar-refractivity contribution in [3.8, 4) is 16.9 Å². The minimum atomic E-state index is 0.371. The van der Waals surface area contributed by atoms with E-state index >= 15 is 0 Å². The zero-order valence-corrected chi connectivity index (χ0v) is 10.9. The summed E-state index contributed by atoms with van der Waals surface area (Å²) in [6.07, 6.45) is 0.849. The fraction of sp³-hybridized carbons (Fsp3) is 0.357. The second-order valence-electron chi connectivity index (χ2n) is 4.69. The molecular weight excluding hydrogens is 228 g/mol. The molecule has 0 amide bonds. The highest BCUT2D eigenvalue weighted by molar-refractivity contribution is 5.75. The molecule has 4 heteroatoms. The van der Waals surface area contributed by atoms with E-state index in [1.54, 1.807) is 7.11 Å². The van der Waals surface area contributed by atoms with Crippen molar-refractivity contribution in [3.63, 3.8) is 0 Å². The van der Waals surface area contributed by atoms with Crippen molar-refractivity contribution >= 4 is 5.88 Å². The lowest BCUT2D eigenvalue weighted by molar-refractivity contribution is 0.415. The van der Waals surface area contributed by atoms with Gasteiger partial charge < -0.3 is 15.0 Å². The smallest absolute Gasteiger partial charge is 0.230 e. The first-order valence-corrected chi connectivity index (χ1v) is 6.00. The molecule has 1 aromatic heterocycles. The average Bonchev–Trinajstić information content (AvgIpc) is 2.70. The number of nitrogen functional groups attached to an aromatic ring is 1. The second kappa shape index (κ2) is 5.12. The molecule has 0 saturated heterocycles. The van der Waals surface area contributed by atoms with Gasteiger partial charge in [-0.25, -0.2) is 0 Å². The van der Waals surface area contributed by atoms with Crippen LogP contribution < -0.4 is 10.5 Å². The topological polar surface area (TPSA) is 61.3 Å². The molecule has 1 aromatic carbocycles. The van der Waals surface area contributed by atoms with E-state index in [9.17, 15) is 0 Å². The third-order valence-corrected chi connectivity index (χ3v) is 2.77. The first kappa shape index (κ1) is 12.5. The summed E-state index contributed by atoms with van der Waals surface area (Å²) in [6.45, 7) is 4.28. The van der Waals surface area contributed by atoms with Gasteiger partial charge in [0, 0.05) is 0 Å². The molecule has 0 saturated carbocycles. The summed E-state index contributed by atoms with van der Waals surface area (Å²) in [5.74, 6) is 1.70. The molecule has 0 atom stereocenters. The van der Waals surface area contributed by atoms with Gasteiger partial charge in [-0.2, -0.15) is 0 Å². The average molecular weight is 246 g/mol. The minimum Gasteiger partial charge on any atom is -0.497 e. The van der Waals surface area contributed by atoms with E-state index in [-0.39, 0.29) is 0 Å².